The number of aromatic nitrogens is 1. The van der Waals surface area contributed by atoms with E-state index < -0.39 is 10.0 Å². The van der Waals surface area contributed by atoms with Gasteiger partial charge in [0.05, 0.1) is 19.1 Å². The number of nitrogens with one attached hydrogen (secondary N) is 1. The molecule has 0 radical (unpaired) electrons. The Balaban J connectivity index is 1.80. The highest BCUT2D eigenvalue weighted by Gasteiger charge is 2.20. The van der Waals surface area contributed by atoms with Gasteiger partial charge in [-0.1, -0.05) is 12.1 Å². The van der Waals surface area contributed by atoms with Crippen molar-refractivity contribution >= 4 is 21.4 Å². The molecule has 0 aliphatic rings. The van der Waals surface area contributed by atoms with Crippen molar-refractivity contribution in [1.29, 1.82) is 0 Å². The van der Waals surface area contributed by atoms with E-state index >= 15 is 0 Å². The van der Waals surface area contributed by atoms with E-state index in [2.05, 4.69) is 9.71 Å². The Labute approximate surface area is 144 Å². The number of thiazole rings is 1. The molecule has 6 nitrogen and oxygen atoms in total. The number of hydrogen-bond acceptors (Lipinski definition) is 6. The van der Waals surface area contributed by atoms with E-state index in [4.69, 9.17) is 9.15 Å². The van der Waals surface area contributed by atoms with Gasteiger partial charge in [-0.15, -0.1) is 11.3 Å². The van der Waals surface area contributed by atoms with Crippen LogP contribution in [0, 0.1) is 6.92 Å². The number of para-hydroxylation sites is 1. The minimum Gasteiger partial charge on any atom is -0.495 e. The maximum Gasteiger partial charge on any atom is 0.244 e. The molecule has 0 amide bonds. The van der Waals surface area contributed by atoms with Crippen LogP contribution in [0.4, 0.5) is 0 Å². The molecule has 0 bridgehead atoms. The Morgan fingerprint density at radius 3 is 2.75 bits per heavy atom. The van der Waals surface area contributed by atoms with Crippen molar-refractivity contribution in [3.63, 3.8) is 0 Å². The number of nitrogens with zero attached hydrogens (tertiary/aromatic N) is 1. The van der Waals surface area contributed by atoms with Crippen LogP contribution in [-0.2, 0) is 16.6 Å². The first-order valence-electron chi connectivity index (χ1n) is 7.14. The fraction of sp³-hybridized carbons (Fsp3) is 0.188. The van der Waals surface area contributed by atoms with E-state index in [1.807, 2.05) is 13.0 Å². The standard InChI is InChI=1S/C16H16N2O4S2/c1-11-14(23-16(18-11)13-7-5-9-22-13)10-17-24(19,20)15-8-4-3-6-12(15)21-2/h3-9,17H,10H2,1-2H3. The number of ether oxygens (including phenoxy) is 1. The number of methoxy groups -OCH3 is 1. The number of rotatable bonds is 6. The second-order valence-electron chi connectivity index (χ2n) is 4.98. The Bertz CT molecular complexity index is 931. The number of benzene rings is 1. The summed E-state index contributed by atoms with van der Waals surface area (Å²) >= 11 is 1.40. The minimum absolute atomic E-state index is 0.112. The van der Waals surface area contributed by atoms with E-state index in [1.54, 1.807) is 30.5 Å². The minimum atomic E-state index is -3.68. The lowest BCUT2D eigenvalue weighted by atomic mass is 10.3. The number of furan rings is 1. The quantitative estimate of drug-likeness (QED) is 0.726. The molecule has 2 aromatic heterocycles. The van der Waals surface area contributed by atoms with Crippen LogP contribution in [0.5, 0.6) is 5.75 Å². The number of hydrogen-bond donors (Lipinski definition) is 1. The molecule has 1 aromatic carbocycles. The third-order valence-corrected chi connectivity index (χ3v) is 6.02. The highest BCUT2D eigenvalue weighted by molar-refractivity contribution is 7.89. The monoisotopic (exact) mass is 364 g/mol. The maximum absolute atomic E-state index is 12.5. The van der Waals surface area contributed by atoms with Crippen molar-refractivity contribution in [3.8, 4) is 16.5 Å². The summed E-state index contributed by atoms with van der Waals surface area (Å²) in [6.45, 7) is 2.00. The summed E-state index contributed by atoms with van der Waals surface area (Å²) in [4.78, 5) is 5.37. The summed E-state index contributed by atoms with van der Waals surface area (Å²) in [6, 6.07) is 10.1. The molecule has 3 rings (SSSR count). The molecule has 3 aromatic rings. The van der Waals surface area contributed by atoms with Gasteiger partial charge >= 0.3 is 0 Å². The summed E-state index contributed by atoms with van der Waals surface area (Å²) in [7, 11) is -2.24. The highest BCUT2D eigenvalue weighted by Crippen LogP contribution is 2.29. The normalized spacial score (nSPS) is 11.6. The summed E-state index contributed by atoms with van der Waals surface area (Å²) in [6.07, 6.45) is 1.58. The Morgan fingerprint density at radius 1 is 1.25 bits per heavy atom. The first-order valence-corrected chi connectivity index (χ1v) is 9.44. The van der Waals surface area contributed by atoms with E-state index in [0.29, 0.717) is 11.5 Å². The Kier molecular flexibility index (Phi) is 4.70. The lowest BCUT2D eigenvalue weighted by Gasteiger charge is -2.09. The molecule has 0 atom stereocenters. The van der Waals surface area contributed by atoms with E-state index in [1.165, 1.54) is 24.5 Å². The summed E-state index contributed by atoms with van der Waals surface area (Å²) in [5.41, 5.74) is 0.772. The van der Waals surface area contributed by atoms with Gasteiger partial charge in [0.15, 0.2) is 10.8 Å². The average molecular weight is 364 g/mol. The van der Waals surface area contributed by atoms with Crippen LogP contribution in [0.3, 0.4) is 0 Å². The van der Waals surface area contributed by atoms with E-state index in [-0.39, 0.29) is 11.4 Å². The molecular formula is C16H16N2O4S2. The third kappa shape index (κ3) is 3.35. The molecule has 0 unspecified atom stereocenters. The lowest BCUT2D eigenvalue weighted by Crippen LogP contribution is -2.23. The van der Waals surface area contributed by atoms with Crippen molar-refractivity contribution in [2.75, 3.05) is 7.11 Å². The predicted molar refractivity (Wildman–Crippen MR) is 91.6 cm³/mol. The topological polar surface area (TPSA) is 81.4 Å². The molecule has 0 saturated carbocycles. The van der Waals surface area contributed by atoms with Crippen LogP contribution in [0.1, 0.15) is 10.6 Å². The molecule has 0 saturated heterocycles. The summed E-state index contributed by atoms with van der Waals surface area (Å²) in [5, 5.41) is 0.726. The molecule has 0 spiro atoms. The zero-order valence-electron chi connectivity index (χ0n) is 13.1. The van der Waals surface area contributed by atoms with Gasteiger partial charge in [-0.2, -0.15) is 0 Å². The Hall–Kier alpha value is -2.16. The van der Waals surface area contributed by atoms with Crippen molar-refractivity contribution < 1.29 is 17.6 Å². The van der Waals surface area contributed by atoms with Crippen LogP contribution < -0.4 is 9.46 Å². The molecule has 8 heteroatoms. The average Bonchev–Trinajstić information content (AvgIpc) is 3.22. The van der Waals surface area contributed by atoms with Gasteiger partial charge in [0, 0.05) is 11.4 Å². The van der Waals surface area contributed by atoms with Gasteiger partial charge in [0.1, 0.15) is 10.6 Å². The van der Waals surface area contributed by atoms with Gasteiger partial charge in [0.25, 0.3) is 0 Å². The van der Waals surface area contributed by atoms with Gasteiger partial charge in [0.2, 0.25) is 10.0 Å². The zero-order valence-corrected chi connectivity index (χ0v) is 14.8. The molecular weight excluding hydrogens is 348 g/mol. The second kappa shape index (κ2) is 6.76. The third-order valence-electron chi connectivity index (χ3n) is 3.41. The number of sulfonamides is 1. The van der Waals surface area contributed by atoms with Crippen LogP contribution in [-0.4, -0.2) is 20.5 Å². The zero-order chi connectivity index (χ0) is 17.2. The van der Waals surface area contributed by atoms with Gasteiger partial charge in [-0.05, 0) is 31.2 Å². The van der Waals surface area contributed by atoms with Crippen LogP contribution in [0.2, 0.25) is 0 Å². The molecule has 0 aliphatic heterocycles. The van der Waals surface area contributed by atoms with Crippen molar-refractivity contribution in [3.05, 3.63) is 53.2 Å². The van der Waals surface area contributed by atoms with E-state index in [9.17, 15) is 8.42 Å². The molecule has 1 N–H and O–H groups in total. The van der Waals surface area contributed by atoms with Crippen LogP contribution in [0.15, 0.2) is 52.0 Å². The second-order valence-corrected chi connectivity index (χ2v) is 7.80. The van der Waals surface area contributed by atoms with Crippen molar-refractivity contribution in [2.24, 2.45) is 0 Å². The fourth-order valence-corrected chi connectivity index (χ4v) is 4.40. The van der Waals surface area contributed by atoms with Crippen molar-refractivity contribution in [2.45, 2.75) is 18.4 Å². The van der Waals surface area contributed by atoms with Gasteiger partial charge in [-0.25, -0.2) is 18.1 Å². The highest BCUT2D eigenvalue weighted by atomic mass is 32.2. The fourth-order valence-electron chi connectivity index (χ4n) is 2.18. The largest absolute Gasteiger partial charge is 0.495 e. The SMILES string of the molecule is COc1ccccc1S(=O)(=O)NCc1sc(-c2ccco2)nc1C. The smallest absolute Gasteiger partial charge is 0.244 e. The van der Waals surface area contributed by atoms with E-state index in [0.717, 1.165) is 15.6 Å². The summed E-state index contributed by atoms with van der Waals surface area (Å²) in [5.74, 6) is 0.976. The van der Waals surface area contributed by atoms with Crippen LogP contribution in [0.25, 0.3) is 10.8 Å². The molecule has 0 fully saturated rings. The van der Waals surface area contributed by atoms with Crippen LogP contribution >= 0.6 is 11.3 Å². The van der Waals surface area contributed by atoms with Gasteiger partial charge < -0.3 is 9.15 Å². The molecule has 24 heavy (non-hydrogen) atoms. The maximum atomic E-state index is 12.5. The number of aryl methyl sites for hydroxylation is 1. The molecule has 126 valence electrons. The van der Waals surface area contributed by atoms with Crippen molar-refractivity contribution in [1.82, 2.24) is 9.71 Å². The molecule has 0 aliphatic carbocycles. The first-order chi connectivity index (χ1) is 11.5. The lowest BCUT2D eigenvalue weighted by molar-refractivity contribution is 0.402. The summed E-state index contributed by atoms with van der Waals surface area (Å²) < 4.78 is 38.1. The Morgan fingerprint density at radius 2 is 2.04 bits per heavy atom. The predicted octanol–water partition coefficient (Wildman–Crippen LogP) is 3.20. The molecule has 2 heterocycles. The first kappa shape index (κ1) is 16.7. The van der Waals surface area contributed by atoms with Gasteiger partial charge in [-0.3, -0.25) is 0 Å².